The number of carboxylic acid groups (broad SMARTS) is 1. The topological polar surface area (TPSA) is 64.1 Å². The summed E-state index contributed by atoms with van der Waals surface area (Å²) in [5.41, 5.74) is 2.14. The SMILES string of the molecule is CC(C)N1CCN(c2ccc(C(=O)N(CC(=O)O)c3ccccc3)cc2)CC1. The fourth-order valence-electron chi connectivity index (χ4n) is 3.49. The first-order valence-corrected chi connectivity index (χ1v) is 9.63. The van der Waals surface area contributed by atoms with E-state index in [2.05, 4.69) is 23.6 Å². The lowest BCUT2D eigenvalue weighted by Crippen LogP contribution is -2.48. The number of benzene rings is 2. The third-order valence-corrected chi connectivity index (χ3v) is 5.13. The summed E-state index contributed by atoms with van der Waals surface area (Å²) in [4.78, 5) is 30.2. The van der Waals surface area contributed by atoms with Gasteiger partial charge in [0.2, 0.25) is 0 Å². The van der Waals surface area contributed by atoms with Crippen LogP contribution in [-0.2, 0) is 4.79 Å². The van der Waals surface area contributed by atoms with Gasteiger partial charge >= 0.3 is 5.97 Å². The fourth-order valence-corrected chi connectivity index (χ4v) is 3.49. The lowest BCUT2D eigenvalue weighted by molar-refractivity contribution is -0.135. The molecule has 0 spiro atoms. The molecule has 148 valence electrons. The molecule has 0 radical (unpaired) electrons. The van der Waals surface area contributed by atoms with Crippen LogP contribution < -0.4 is 9.80 Å². The molecule has 1 aliphatic heterocycles. The van der Waals surface area contributed by atoms with Gasteiger partial charge < -0.3 is 10.0 Å². The number of piperazine rings is 1. The van der Waals surface area contributed by atoms with E-state index in [9.17, 15) is 14.7 Å². The maximum Gasteiger partial charge on any atom is 0.323 e. The molecule has 2 aromatic rings. The Hall–Kier alpha value is -2.86. The highest BCUT2D eigenvalue weighted by atomic mass is 16.4. The Kier molecular flexibility index (Phi) is 6.31. The summed E-state index contributed by atoms with van der Waals surface area (Å²) in [6.45, 7) is 8.03. The Bertz CT molecular complexity index is 798. The molecule has 0 aromatic heterocycles. The van der Waals surface area contributed by atoms with Crippen LogP contribution in [0.25, 0.3) is 0 Å². The summed E-state index contributed by atoms with van der Waals surface area (Å²) in [6, 6.07) is 16.9. The normalized spacial score (nSPS) is 14.9. The smallest absolute Gasteiger partial charge is 0.323 e. The van der Waals surface area contributed by atoms with E-state index in [1.165, 1.54) is 4.90 Å². The number of carbonyl (C=O) groups is 2. The Labute approximate surface area is 166 Å². The predicted octanol–water partition coefficient (Wildman–Crippen LogP) is 2.95. The lowest BCUT2D eigenvalue weighted by Gasteiger charge is -2.38. The minimum atomic E-state index is -1.04. The zero-order valence-electron chi connectivity index (χ0n) is 16.4. The quantitative estimate of drug-likeness (QED) is 0.834. The molecule has 0 unspecified atom stereocenters. The molecule has 1 N–H and O–H groups in total. The van der Waals surface area contributed by atoms with Gasteiger partial charge in [0.25, 0.3) is 5.91 Å². The monoisotopic (exact) mass is 381 g/mol. The second-order valence-corrected chi connectivity index (χ2v) is 7.28. The van der Waals surface area contributed by atoms with E-state index < -0.39 is 5.97 Å². The fraction of sp³-hybridized carbons (Fsp3) is 0.364. The number of hydrogen-bond donors (Lipinski definition) is 1. The molecular formula is C22H27N3O3. The number of rotatable bonds is 6. The number of anilines is 2. The number of hydrogen-bond acceptors (Lipinski definition) is 4. The first-order chi connectivity index (χ1) is 13.5. The summed E-state index contributed by atoms with van der Waals surface area (Å²) in [5, 5.41) is 9.21. The van der Waals surface area contributed by atoms with Gasteiger partial charge in [-0.05, 0) is 50.2 Å². The zero-order chi connectivity index (χ0) is 20.1. The molecule has 1 fully saturated rings. The molecule has 28 heavy (non-hydrogen) atoms. The van der Waals surface area contributed by atoms with Gasteiger partial charge in [0.1, 0.15) is 6.54 Å². The highest BCUT2D eigenvalue weighted by Crippen LogP contribution is 2.21. The number of nitrogens with zero attached hydrogens (tertiary/aromatic N) is 3. The van der Waals surface area contributed by atoms with Gasteiger partial charge in [0.15, 0.2) is 0 Å². The average molecular weight is 381 g/mol. The molecule has 1 amide bonds. The van der Waals surface area contributed by atoms with Gasteiger partial charge in [0.05, 0.1) is 0 Å². The van der Waals surface area contributed by atoms with E-state index in [-0.39, 0.29) is 12.5 Å². The second kappa shape index (κ2) is 8.89. The molecule has 1 heterocycles. The van der Waals surface area contributed by atoms with Crippen LogP contribution in [0.4, 0.5) is 11.4 Å². The molecule has 1 aliphatic rings. The first kappa shape index (κ1) is 19.9. The third-order valence-electron chi connectivity index (χ3n) is 5.13. The summed E-state index contributed by atoms with van der Waals surface area (Å²) in [6.07, 6.45) is 0. The van der Waals surface area contributed by atoms with Crippen LogP contribution in [0.2, 0.25) is 0 Å². The van der Waals surface area contributed by atoms with Crippen molar-refractivity contribution in [2.24, 2.45) is 0 Å². The molecule has 0 atom stereocenters. The van der Waals surface area contributed by atoms with Crippen LogP contribution in [0.1, 0.15) is 24.2 Å². The van der Waals surface area contributed by atoms with Gasteiger partial charge in [-0.25, -0.2) is 0 Å². The standard InChI is InChI=1S/C22H27N3O3/c1-17(2)23-12-14-24(15-13-23)19-10-8-18(9-11-19)22(28)25(16-21(26)27)20-6-4-3-5-7-20/h3-11,17H,12-16H2,1-2H3,(H,26,27). The van der Waals surface area contributed by atoms with E-state index in [1.807, 2.05) is 18.2 Å². The third kappa shape index (κ3) is 4.70. The molecule has 0 bridgehead atoms. The molecule has 3 rings (SSSR count). The number of para-hydroxylation sites is 1. The summed E-state index contributed by atoms with van der Waals surface area (Å²) < 4.78 is 0. The Balaban J connectivity index is 1.73. The zero-order valence-corrected chi connectivity index (χ0v) is 16.4. The minimum Gasteiger partial charge on any atom is -0.480 e. The molecule has 0 aliphatic carbocycles. The molecule has 1 saturated heterocycles. The molecular weight excluding hydrogens is 354 g/mol. The van der Waals surface area contributed by atoms with Crippen molar-refractivity contribution in [2.45, 2.75) is 19.9 Å². The maximum atomic E-state index is 12.9. The van der Waals surface area contributed by atoms with Crippen molar-refractivity contribution in [1.82, 2.24) is 4.90 Å². The van der Waals surface area contributed by atoms with E-state index >= 15 is 0 Å². The van der Waals surface area contributed by atoms with E-state index in [1.54, 1.807) is 36.4 Å². The number of amides is 1. The molecule has 0 saturated carbocycles. The van der Waals surface area contributed by atoms with Gasteiger partial charge in [-0.3, -0.25) is 19.4 Å². The first-order valence-electron chi connectivity index (χ1n) is 9.63. The van der Waals surface area contributed by atoms with Gasteiger partial charge in [0, 0.05) is 49.2 Å². The largest absolute Gasteiger partial charge is 0.480 e. The van der Waals surface area contributed by atoms with Crippen LogP contribution >= 0.6 is 0 Å². The Morgan fingerprint density at radius 3 is 2.11 bits per heavy atom. The highest BCUT2D eigenvalue weighted by Gasteiger charge is 2.22. The summed E-state index contributed by atoms with van der Waals surface area (Å²) in [7, 11) is 0. The predicted molar refractivity (Wildman–Crippen MR) is 111 cm³/mol. The van der Waals surface area contributed by atoms with E-state index in [4.69, 9.17) is 0 Å². The molecule has 2 aromatic carbocycles. The van der Waals surface area contributed by atoms with Crippen LogP contribution in [0.15, 0.2) is 54.6 Å². The second-order valence-electron chi connectivity index (χ2n) is 7.28. The maximum absolute atomic E-state index is 12.9. The molecule has 6 nitrogen and oxygen atoms in total. The molecule has 6 heteroatoms. The van der Waals surface area contributed by atoms with E-state index in [0.29, 0.717) is 17.3 Å². The van der Waals surface area contributed by atoms with Gasteiger partial charge in [-0.15, -0.1) is 0 Å². The Morgan fingerprint density at radius 2 is 1.57 bits per heavy atom. The average Bonchev–Trinajstić information content (AvgIpc) is 2.72. The van der Waals surface area contributed by atoms with Crippen molar-refractivity contribution >= 4 is 23.3 Å². The van der Waals surface area contributed by atoms with Crippen molar-refractivity contribution in [3.8, 4) is 0 Å². The van der Waals surface area contributed by atoms with Gasteiger partial charge in [-0.2, -0.15) is 0 Å². The van der Waals surface area contributed by atoms with Crippen molar-refractivity contribution in [3.05, 3.63) is 60.2 Å². The number of carbonyl (C=O) groups excluding carboxylic acids is 1. The van der Waals surface area contributed by atoms with Crippen LogP contribution in [-0.4, -0.2) is 60.6 Å². The van der Waals surface area contributed by atoms with Crippen molar-refractivity contribution in [1.29, 1.82) is 0 Å². The van der Waals surface area contributed by atoms with Crippen molar-refractivity contribution in [2.75, 3.05) is 42.5 Å². The Morgan fingerprint density at radius 1 is 0.964 bits per heavy atom. The van der Waals surface area contributed by atoms with Crippen LogP contribution in [0.5, 0.6) is 0 Å². The summed E-state index contributed by atoms with van der Waals surface area (Å²) in [5.74, 6) is -1.36. The van der Waals surface area contributed by atoms with E-state index in [0.717, 1.165) is 31.9 Å². The number of carboxylic acids is 1. The minimum absolute atomic E-state index is 0.315. The van der Waals surface area contributed by atoms with Crippen LogP contribution in [0.3, 0.4) is 0 Å². The highest BCUT2D eigenvalue weighted by molar-refractivity contribution is 6.08. The van der Waals surface area contributed by atoms with Crippen LogP contribution in [0, 0.1) is 0 Å². The van der Waals surface area contributed by atoms with Crippen molar-refractivity contribution < 1.29 is 14.7 Å². The number of aliphatic carboxylic acids is 1. The van der Waals surface area contributed by atoms with Crippen molar-refractivity contribution in [3.63, 3.8) is 0 Å². The summed E-state index contributed by atoms with van der Waals surface area (Å²) >= 11 is 0. The lowest BCUT2D eigenvalue weighted by atomic mass is 10.1. The van der Waals surface area contributed by atoms with Gasteiger partial charge in [-0.1, -0.05) is 18.2 Å².